The van der Waals surface area contributed by atoms with E-state index in [9.17, 15) is 4.39 Å². The molecule has 182 valence electrons. The van der Waals surface area contributed by atoms with Gasteiger partial charge in [-0.2, -0.15) is 0 Å². The van der Waals surface area contributed by atoms with Gasteiger partial charge in [0, 0.05) is 24.0 Å². The molecule has 1 aromatic heterocycles. The summed E-state index contributed by atoms with van der Waals surface area (Å²) < 4.78 is 19.1. The van der Waals surface area contributed by atoms with Gasteiger partial charge in [-0.05, 0) is 68.9 Å². The lowest BCUT2D eigenvalue weighted by Gasteiger charge is -2.25. The molecule has 7 heteroatoms. The van der Waals surface area contributed by atoms with Gasteiger partial charge >= 0.3 is 0 Å². The van der Waals surface area contributed by atoms with Gasteiger partial charge in [0.05, 0.1) is 12.6 Å². The molecule has 0 amide bonds. The molecule has 0 radical (unpaired) electrons. The zero-order valence-corrected chi connectivity index (χ0v) is 20.7. The second kappa shape index (κ2) is 9.23. The summed E-state index contributed by atoms with van der Waals surface area (Å²) in [6.07, 6.45) is 11.6. The highest BCUT2D eigenvalue weighted by Gasteiger charge is 2.45. The monoisotopic (exact) mass is 474 g/mol. The van der Waals surface area contributed by atoms with Crippen molar-refractivity contribution in [3.8, 4) is 5.88 Å². The second-order valence-electron chi connectivity index (χ2n) is 9.69. The molecule has 1 fully saturated rings. The van der Waals surface area contributed by atoms with Crippen molar-refractivity contribution in [1.82, 2.24) is 15.7 Å². The van der Waals surface area contributed by atoms with Gasteiger partial charge in [0.1, 0.15) is 17.2 Å². The summed E-state index contributed by atoms with van der Waals surface area (Å²) in [6, 6.07) is 10.9. The third kappa shape index (κ3) is 4.68. The molecule has 3 heterocycles. The molecule has 35 heavy (non-hydrogen) atoms. The number of benzene rings is 1. The van der Waals surface area contributed by atoms with E-state index < -0.39 is 0 Å². The first-order valence-electron chi connectivity index (χ1n) is 12.1. The van der Waals surface area contributed by atoms with E-state index in [1.165, 1.54) is 17.7 Å². The second-order valence-corrected chi connectivity index (χ2v) is 9.69. The first-order chi connectivity index (χ1) is 16.9. The minimum atomic E-state index is -0.210. The molecule has 1 aromatic carbocycles. The Morgan fingerprint density at radius 3 is 2.63 bits per heavy atom. The topological polar surface area (TPSA) is 66.0 Å². The number of nitrogens with zero attached hydrogens (tertiary/aromatic N) is 2. The van der Waals surface area contributed by atoms with Crippen molar-refractivity contribution in [3.05, 3.63) is 95.0 Å². The van der Waals surface area contributed by atoms with Crippen LogP contribution in [0.2, 0.25) is 0 Å². The Bertz CT molecular complexity index is 1240. The Morgan fingerprint density at radius 2 is 1.94 bits per heavy atom. The largest absolute Gasteiger partial charge is 0.479 e. The van der Waals surface area contributed by atoms with Crippen molar-refractivity contribution >= 4 is 11.4 Å². The van der Waals surface area contributed by atoms with Gasteiger partial charge < -0.3 is 15.0 Å². The fourth-order valence-corrected chi connectivity index (χ4v) is 4.56. The van der Waals surface area contributed by atoms with E-state index in [4.69, 9.17) is 9.72 Å². The number of ether oxygens (including phenoxy) is 1. The van der Waals surface area contributed by atoms with E-state index in [1.54, 1.807) is 7.11 Å². The molecule has 3 aliphatic rings. The lowest BCUT2D eigenvalue weighted by molar-refractivity contribution is -0.620. The highest BCUT2D eigenvalue weighted by Crippen LogP contribution is 2.46. The van der Waals surface area contributed by atoms with Crippen molar-refractivity contribution in [1.29, 1.82) is 0 Å². The fourth-order valence-electron chi connectivity index (χ4n) is 4.56. The molecule has 5 rings (SSSR count). The first-order valence-corrected chi connectivity index (χ1v) is 12.1. The van der Waals surface area contributed by atoms with Gasteiger partial charge in [-0.15, -0.1) is 0 Å². The number of hydrogen-bond donors (Lipinski definition) is 3. The van der Waals surface area contributed by atoms with Gasteiger partial charge in [-0.25, -0.2) is 20.2 Å². The number of nitrogens with one attached hydrogen (secondary N) is 2. The highest BCUT2D eigenvalue weighted by molar-refractivity contribution is 5.66. The van der Waals surface area contributed by atoms with Crippen LogP contribution in [0.5, 0.6) is 5.88 Å². The van der Waals surface area contributed by atoms with E-state index in [0.717, 1.165) is 53.3 Å². The maximum absolute atomic E-state index is 13.4. The zero-order chi connectivity index (χ0) is 24.6. The van der Waals surface area contributed by atoms with E-state index in [1.807, 2.05) is 23.6 Å². The molecular formula is C28H33FN5O+. The smallest absolute Gasteiger partial charge is 0.238 e. The van der Waals surface area contributed by atoms with Crippen LogP contribution in [-0.2, 0) is 5.54 Å². The van der Waals surface area contributed by atoms with E-state index >= 15 is 0 Å². The Balaban J connectivity index is 1.38. The molecular weight excluding hydrogens is 441 g/mol. The lowest BCUT2D eigenvalue weighted by Crippen LogP contribution is -2.91. The summed E-state index contributed by atoms with van der Waals surface area (Å²) in [6.45, 7) is 6.47. The molecule has 1 saturated carbocycles. The summed E-state index contributed by atoms with van der Waals surface area (Å²) in [5.74, 6) is 1.85. The van der Waals surface area contributed by atoms with Crippen LogP contribution in [0.15, 0.2) is 77.9 Å². The average molecular weight is 475 g/mol. The van der Waals surface area contributed by atoms with Crippen molar-refractivity contribution in [2.24, 2.45) is 5.92 Å². The van der Waals surface area contributed by atoms with Crippen LogP contribution < -0.4 is 25.8 Å². The number of quaternary nitrogens is 1. The molecule has 0 unspecified atom stereocenters. The predicted molar refractivity (Wildman–Crippen MR) is 136 cm³/mol. The Labute approximate surface area is 206 Å². The predicted octanol–water partition coefficient (Wildman–Crippen LogP) is 4.43. The van der Waals surface area contributed by atoms with Crippen molar-refractivity contribution in [2.45, 2.75) is 45.6 Å². The van der Waals surface area contributed by atoms with Crippen molar-refractivity contribution in [2.75, 3.05) is 12.0 Å². The Kier molecular flexibility index (Phi) is 6.11. The minimum absolute atomic E-state index is 0.136. The standard InChI is InChI=1S/C28H32FN5O/c1-18-6-5-15-34(17-20(18)3)25-12-11-23(30-27(25)35-4)24-16-19(2)26(33-32-24)31-28(13-14-28)21-7-9-22(29)10-8-21/h5,7-12,15-18,31-33H,6,13-14H2,1-4H3/p+1/t18-/m1/s1. The van der Waals surface area contributed by atoms with Gasteiger partial charge in [0.2, 0.25) is 5.88 Å². The number of anilines is 1. The summed E-state index contributed by atoms with van der Waals surface area (Å²) in [7, 11) is 1.66. The SMILES string of the molecule is COc1nc(C2=CC(C)=C(NC3(c4ccc(F)cc4)CC3)N[NH2+]2)ccc1N1C=CC[C@@H](C)C(C)=C1. The normalized spacial score (nSPS) is 21.1. The van der Waals surface area contributed by atoms with Crippen LogP contribution in [0.4, 0.5) is 10.1 Å². The van der Waals surface area contributed by atoms with Crippen LogP contribution in [0.3, 0.4) is 0 Å². The van der Waals surface area contributed by atoms with Crippen LogP contribution in [0.25, 0.3) is 5.70 Å². The Hall–Kier alpha value is -3.58. The number of halogens is 1. The van der Waals surface area contributed by atoms with Crippen molar-refractivity contribution in [3.63, 3.8) is 0 Å². The van der Waals surface area contributed by atoms with Gasteiger partial charge in [-0.3, -0.25) is 0 Å². The van der Waals surface area contributed by atoms with E-state index in [2.05, 4.69) is 67.0 Å². The highest BCUT2D eigenvalue weighted by atomic mass is 19.1. The summed E-state index contributed by atoms with van der Waals surface area (Å²) in [5.41, 5.74) is 11.5. The average Bonchev–Trinajstić information content (AvgIpc) is 3.66. The molecule has 2 aliphatic heterocycles. The summed E-state index contributed by atoms with van der Waals surface area (Å²) >= 11 is 0. The molecule has 0 spiro atoms. The molecule has 1 aliphatic carbocycles. The molecule has 6 nitrogen and oxygen atoms in total. The fraction of sp³-hybridized carbons (Fsp3) is 0.321. The molecule has 0 bridgehead atoms. The number of pyridine rings is 1. The quantitative estimate of drug-likeness (QED) is 0.541. The lowest BCUT2D eigenvalue weighted by atomic mass is 10.0. The van der Waals surface area contributed by atoms with Gasteiger partial charge in [0.25, 0.3) is 0 Å². The Morgan fingerprint density at radius 1 is 1.17 bits per heavy atom. The van der Waals surface area contributed by atoms with E-state index in [-0.39, 0.29) is 11.4 Å². The van der Waals surface area contributed by atoms with Crippen LogP contribution in [0.1, 0.15) is 51.3 Å². The van der Waals surface area contributed by atoms with Gasteiger partial charge in [-0.1, -0.05) is 30.7 Å². The molecule has 1 atom stereocenters. The zero-order valence-electron chi connectivity index (χ0n) is 20.7. The number of aromatic nitrogens is 1. The van der Waals surface area contributed by atoms with Crippen LogP contribution >= 0.6 is 0 Å². The summed E-state index contributed by atoms with van der Waals surface area (Å²) in [4.78, 5) is 6.91. The number of hydrogen-bond acceptors (Lipinski definition) is 5. The molecule has 0 saturated heterocycles. The molecule has 4 N–H and O–H groups in total. The maximum atomic E-state index is 13.4. The number of methoxy groups -OCH3 is 1. The maximum Gasteiger partial charge on any atom is 0.238 e. The number of allylic oxidation sites excluding steroid dienone is 4. The summed E-state index contributed by atoms with van der Waals surface area (Å²) in [5, 5.41) is 3.66. The van der Waals surface area contributed by atoms with Crippen LogP contribution in [-0.4, -0.2) is 12.1 Å². The third-order valence-corrected chi connectivity index (χ3v) is 7.13. The first kappa shape index (κ1) is 23.2. The molecule has 2 aromatic rings. The number of rotatable bonds is 6. The van der Waals surface area contributed by atoms with Crippen molar-refractivity contribution < 1.29 is 14.6 Å². The number of nitrogens with two attached hydrogens (primary N) is 1. The van der Waals surface area contributed by atoms with Gasteiger partial charge in [0.15, 0.2) is 11.5 Å². The minimum Gasteiger partial charge on any atom is -0.479 e. The van der Waals surface area contributed by atoms with Crippen LogP contribution in [0, 0.1) is 11.7 Å². The van der Waals surface area contributed by atoms with E-state index in [0.29, 0.717) is 11.8 Å². The third-order valence-electron chi connectivity index (χ3n) is 7.13.